The summed E-state index contributed by atoms with van der Waals surface area (Å²) in [6, 6.07) is 1.84. The van der Waals surface area contributed by atoms with Crippen LogP contribution in [-0.4, -0.2) is 36.3 Å². The zero-order chi connectivity index (χ0) is 15.2. The van der Waals surface area contributed by atoms with E-state index >= 15 is 0 Å². The van der Waals surface area contributed by atoms with E-state index < -0.39 is 11.5 Å². The van der Waals surface area contributed by atoms with Crippen LogP contribution in [0.1, 0.15) is 52.4 Å². The molecule has 1 saturated heterocycles. The van der Waals surface area contributed by atoms with Crippen LogP contribution in [0.15, 0.2) is 0 Å². The predicted molar refractivity (Wildman–Crippen MR) is 76.7 cm³/mol. The van der Waals surface area contributed by atoms with E-state index in [0.29, 0.717) is 25.8 Å². The molecular formula is C15H25N3O2. The molecule has 5 nitrogen and oxygen atoms in total. The Hall–Kier alpha value is -1.57. The third kappa shape index (κ3) is 3.12. The highest BCUT2D eigenvalue weighted by Gasteiger charge is 2.45. The third-order valence-corrected chi connectivity index (χ3v) is 4.04. The molecule has 1 aliphatic heterocycles. The SMILES string of the molecule is CCCC(C#N)(CCC)C(=O)N1CCCC1C(=O)NC. The lowest BCUT2D eigenvalue weighted by molar-refractivity contribution is -0.145. The fraction of sp³-hybridized carbons (Fsp3) is 0.800. The summed E-state index contributed by atoms with van der Waals surface area (Å²) in [5, 5.41) is 12.2. The number of likely N-dealkylation sites (N-methyl/N-ethyl adjacent to an activating group) is 1. The predicted octanol–water partition coefficient (Wildman–Crippen LogP) is 1.83. The molecule has 0 saturated carbocycles. The molecule has 112 valence electrons. The molecule has 1 unspecified atom stereocenters. The molecule has 0 aromatic heterocycles. The van der Waals surface area contributed by atoms with Gasteiger partial charge >= 0.3 is 0 Å². The summed E-state index contributed by atoms with van der Waals surface area (Å²) < 4.78 is 0. The van der Waals surface area contributed by atoms with Gasteiger partial charge in [-0.25, -0.2) is 0 Å². The maximum Gasteiger partial charge on any atom is 0.243 e. The maximum atomic E-state index is 12.8. The second-order valence-electron chi connectivity index (χ2n) is 5.46. The number of nitrogens with one attached hydrogen (secondary N) is 1. The van der Waals surface area contributed by atoms with E-state index in [2.05, 4.69) is 11.4 Å². The van der Waals surface area contributed by atoms with Crippen LogP contribution in [0.4, 0.5) is 0 Å². The smallest absolute Gasteiger partial charge is 0.243 e. The molecule has 20 heavy (non-hydrogen) atoms. The van der Waals surface area contributed by atoms with Crippen LogP contribution in [0.25, 0.3) is 0 Å². The van der Waals surface area contributed by atoms with Gasteiger partial charge in [0, 0.05) is 13.6 Å². The number of hydrogen-bond donors (Lipinski definition) is 1. The number of nitrogens with zero attached hydrogens (tertiary/aromatic N) is 2. The van der Waals surface area contributed by atoms with Gasteiger partial charge in [0.25, 0.3) is 0 Å². The van der Waals surface area contributed by atoms with Crippen molar-refractivity contribution >= 4 is 11.8 Å². The minimum atomic E-state index is -0.958. The largest absolute Gasteiger partial charge is 0.357 e. The number of amides is 2. The topological polar surface area (TPSA) is 73.2 Å². The molecule has 0 aromatic carbocycles. The van der Waals surface area contributed by atoms with Crippen molar-refractivity contribution in [2.45, 2.75) is 58.4 Å². The van der Waals surface area contributed by atoms with Gasteiger partial charge in [-0.15, -0.1) is 0 Å². The monoisotopic (exact) mass is 279 g/mol. The fourth-order valence-electron chi connectivity index (χ4n) is 3.08. The normalized spacial score (nSPS) is 18.7. The Kier molecular flexibility index (Phi) is 6.00. The lowest BCUT2D eigenvalue weighted by atomic mass is 9.79. The van der Waals surface area contributed by atoms with Crippen LogP contribution in [0, 0.1) is 16.7 Å². The second kappa shape index (κ2) is 7.28. The van der Waals surface area contributed by atoms with Crippen molar-refractivity contribution in [2.24, 2.45) is 5.41 Å². The van der Waals surface area contributed by atoms with E-state index in [1.807, 2.05) is 13.8 Å². The zero-order valence-corrected chi connectivity index (χ0v) is 12.7. The lowest BCUT2D eigenvalue weighted by Gasteiger charge is -2.32. The molecule has 0 aliphatic carbocycles. The summed E-state index contributed by atoms with van der Waals surface area (Å²) in [5.74, 6) is -0.287. The summed E-state index contributed by atoms with van der Waals surface area (Å²) in [6.45, 7) is 4.54. The van der Waals surface area contributed by atoms with Crippen molar-refractivity contribution in [1.29, 1.82) is 5.26 Å². The second-order valence-corrected chi connectivity index (χ2v) is 5.46. The molecule has 1 atom stereocenters. The van der Waals surface area contributed by atoms with Gasteiger partial charge in [0.05, 0.1) is 6.07 Å². The summed E-state index contributed by atoms with van der Waals surface area (Å²) in [6.07, 6.45) is 4.21. The molecular weight excluding hydrogens is 254 g/mol. The van der Waals surface area contributed by atoms with Gasteiger partial charge in [0.1, 0.15) is 11.5 Å². The third-order valence-electron chi connectivity index (χ3n) is 4.04. The Morgan fingerprint density at radius 3 is 2.40 bits per heavy atom. The fourth-order valence-corrected chi connectivity index (χ4v) is 3.08. The molecule has 1 N–H and O–H groups in total. The van der Waals surface area contributed by atoms with Crippen molar-refractivity contribution < 1.29 is 9.59 Å². The molecule has 1 aliphatic rings. The number of likely N-dealkylation sites (tertiary alicyclic amines) is 1. The Morgan fingerprint density at radius 2 is 1.95 bits per heavy atom. The Bertz CT molecular complexity index is 394. The van der Waals surface area contributed by atoms with E-state index in [4.69, 9.17) is 0 Å². The van der Waals surface area contributed by atoms with Crippen LogP contribution < -0.4 is 5.32 Å². The zero-order valence-electron chi connectivity index (χ0n) is 12.7. The number of hydrogen-bond acceptors (Lipinski definition) is 3. The van der Waals surface area contributed by atoms with Gasteiger partial charge in [-0.1, -0.05) is 26.7 Å². The standard InChI is InChI=1S/C15H25N3O2/c1-4-8-15(11-16,9-5-2)14(20)18-10-6-7-12(18)13(19)17-3/h12H,4-10H2,1-3H3,(H,17,19). The highest BCUT2D eigenvalue weighted by atomic mass is 16.2. The van der Waals surface area contributed by atoms with Crippen LogP contribution in [-0.2, 0) is 9.59 Å². The van der Waals surface area contributed by atoms with Crippen molar-refractivity contribution in [2.75, 3.05) is 13.6 Å². The first kappa shape index (κ1) is 16.5. The Labute approximate surface area is 121 Å². The first-order chi connectivity index (χ1) is 9.56. The highest BCUT2D eigenvalue weighted by Crippen LogP contribution is 2.34. The van der Waals surface area contributed by atoms with E-state index in [9.17, 15) is 14.9 Å². The van der Waals surface area contributed by atoms with Gasteiger partial charge < -0.3 is 10.2 Å². The molecule has 0 bridgehead atoms. The van der Waals surface area contributed by atoms with Crippen molar-refractivity contribution in [1.82, 2.24) is 10.2 Å². The van der Waals surface area contributed by atoms with Gasteiger partial charge in [0.2, 0.25) is 11.8 Å². The number of carbonyl (C=O) groups is 2. The molecule has 2 amide bonds. The molecule has 0 aromatic rings. The molecule has 1 heterocycles. The minimum absolute atomic E-state index is 0.129. The van der Waals surface area contributed by atoms with Gasteiger partial charge in [-0.2, -0.15) is 5.26 Å². The van der Waals surface area contributed by atoms with E-state index in [1.54, 1.807) is 11.9 Å². The maximum absolute atomic E-state index is 12.8. The van der Waals surface area contributed by atoms with Gasteiger partial charge in [0.15, 0.2) is 0 Å². The summed E-state index contributed by atoms with van der Waals surface area (Å²) >= 11 is 0. The van der Waals surface area contributed by atoms with Crippen LogP contribution in [0.2, 0.25) is 0 Å². The number of rotatable bonds is 6. The van der Waals surface area contributed by atoms with Crippen molar-refractivity contribution in [3.63, 3.8) is 0 Å². The van der Waals surface area contributed by atoms with Crippen LogP contribution in [0.3, 0.4) is 0 Å². The van der Waals surface area contributed by atoms with Gasteiger partial charge in [-0.3, -0.25) is 9.59 Å². The van der Waals surface area contributed by atoms with E-state index in [0.717, 1.165) is 19.3 Å². The average Bonchev–Trinajstić information content (AvgIpc) is 2.94. The average molecular weight is 279 g/mol. The minimum Gasteiger partial charge on any atom is -0.357 e. The summed E-state index contributed by atoms with van der Waals surface area (Å²) in [7, 11) is 1.58. The number of carbonyl (C=O) groups excluding carboxylic acids is 2. The molecule has 1 fully saturated rings. The highest BCUT2D eigenvalue weighted by molar-refractivity contribution is 5.92. The number of nitriles is 1. The first-order valence-corrected chi connectivity index (χ1v) is 7.50. The first-order valence-electron chi connectivity index (χ1n) is 7.50. The molecule has 0 radical (unpaired) electrons. The van der Waals surface area contributed by atoms with Crippen molar-refractivity contribution in [3.8, 4) is 6.07 Å². The van der Waals surface area contributed by atoms with Crippen molar-refractivity contribution in [3.05, 3.63) is 0 Å². The quantitative estimate of drug-likeness (QED) is 0.806. The summed E-state index contributed by atoms with van der Waals surface area (Å²) in [5.41, 5.74) is -0.958. The van der Waals surface area contributed by atoms with Crippen LogP contribution >= 0.6 is 0 Å². The molecule has 0 spiro atoms. The van der Waals surface area contributed by atoms with E-state index in [1.165, 1.54) is 0 Å². The Balaban J connectivity index is 2.99. The van der Waals surface area contributed by atoms with E-state index in [-0.39, 0.29) is 11.8 Å². The lowest BCUT2D eigenvalue weighted by Crippen LogP contribution is -2.50. The molecule has 1 rings (SSSR count). The Morgan fingerprint density at radius 1 is 1.35 bits per heavy atom. The van der Waals surface area contributed by atoms with Crippen LogP contribution in [0.5, 0.6) is 0 Å². The van der Waals surface area contributed by atoms with Gasteiger partial charge in [-0.05, 0) is 25.7 Å². The molecule has 5 heteroatoms. The summed E-state index contributed by atoms with van der Waals surface area (Å²) in [4.78, 5) is 26.3.